The van der Waals surface area contributed by atoms with Crippen molar-refractivity contribution in [2.45, 2.75) is 84.1 Å². The van der Waals surface area contributed by atoms with Gasteiger partial charge in [-0.3, -0.25) is 0 Å². The number of hydrogen-bond donors (Lipinski definition) is 2. The second-order valence-corrected chi connectivity index (χ2v) is 7.85. The predicted molar refractivity (Wildman–Crippen MR) is 81.2 cm³/mol. The molecule has 0 aromatic carbocycles. The fourth-order valence-corrected chi connectivity index (χ4v) is 1.95. The van der Waals surface area contributed by atoms with Gasteiger partial charge in [-0.1, -0.05) is 0 Å². The van der Waals surface area contributed by atoms with Crippen LogP contribution in [0.2, 0.25) is 0 Å². The van der Waals surface area contributed by atoms with E-state index in [2.05, 4.69) is 13.8 Å². The number of nitrogens with two attached hydrogens (primary N) is 2. The summed E-state index contributed by atoms with van der Waals surface area (Å²) in [4.78, 5) is 0. The molecule has 0 bridgehead atoms. The highest BCUT2D eigenvalue weighted by Crippen LogP contribution is 2.24. The largest absolute Gasteiger partial charge is 0.373 e. The molecule has 116 valence electrons. The van der Waals surface area contributed by atoms with Crippen molar-refractivity contribution in [2.24, 2.45) is 11.5 Å². The maximum absolute atomic E-state index is 6.08. The van der Waals surface area contributed by atoms with E-state index in [-0.39, 0.29) is 22.3 Å². The first kappa shape index (κ1) is 18.8. The van der Waals surface area contributed by atoms with Crippen molar-refractivity contribution in [3.8, 4) is 0 Å². The first-order valence-electron chi connectivity index (χ1n) is 7.02. The molecule has 0 aliphatic heterocycles. The van der Waals surface area contributed by atoms with Crippen molar-refractivity contribution < 1.29 is 9.47 Å². The molecule has 0 unspecified atom stereocenters. The summed E-state index contributed by atoms with van der Waals surface area (Å²) in [7, 11) is 0. The van der Waals surface area contributed by atoms with E-state index in [4.69, 9.17) is 20.9 Å². The van der Waals surface area contributed by atoms with E-state index in [0.717, 1.165) is 6.42 Å². The van der Waals surface area contributed by atoms with E-state index in [1.165, 1.54) is 0 Å². The van der Waals surface area contributed by atoms with E-state index in [0.29, 0.717) is 13.2 Å². The molecule has 0 aliphatic rings. The number of ether oxygens (including phenoxy) is 2. The van der Waals surface area contributed by atoms with Crippen molar-refractivity contribution in [1.29, 1.82) is 0 Å². The molecule has 0 aliphatic carbocycles. The molecule has 4 heteroatoms. The topological polar surface area (TPSA) is 70.5 Å². The average Bonchev–Trinajstić information content (AvgIpc) is 2.06. The summed E-state index contributed by atoms with van der Waals surface area (Å²) < 4.78 is 11.7. The molecule has 4 N–H and O–H groups in total. The zero-order chi connectivity index (χ0) is 15.5. The minimum absolute atomic E-state index is 0.233. The second kappa shape index (κ2) is 6.08. The lowest BCUT2D eigenvalue weighted by molar-refractivity contribution is -0.109. The van der Waals surface area contributed by atoms with E-state index in [9.17, 15) is 0 Å². The Labute approximate surface area is 119 Å². The smallest absolute Gasteiger partial charge is 0.0800 e. The lowest BCUT2D eigenvalue weighted by atomic mass is 9.87. The Morgan fingerprint density at radius 2 is 1.16 bits per heavy atom. The van der Waals surface area contributed by atoms with E-state index >= 15 is 0 Å². The van der Waals surface area contributed by atoms with Crippen LogP contribution < -0.4 is 11.5 Å². The molecule has 0 rings (SSSR count). The van der Waals surface area contributed by atoms with Gasteiger partial charge in [-0.05, 0) is 61.8 Å². The van der Waals surface area contributed by atoms with Crippen molar-refractivity contribution in [3.63, 3.8) is 0 Å². The van der Waals surface area contributed by atoms with Crippen LogP contribution in [0.1, 0.15) is 61.8 Å². The molecule has 0 saturated carbocycles. The summed E-state index contributed by atoms with van der Waals surface area (Å²) in [5.41, 5.74) is 10.9. The summed E-state index contributed by atoms with van der Waals surface area (Å²) in [6.45, 7) is 17.1. The normalized spacial score (nSPS) is 14.8. The summed E-state index contributed by atoms with van der Waals surface area (Å²) in [6.07, 6.45) is 0.797. The van der Waals surface area contributed by atoms with Gasteiger partial charge in [0.2, 0.25) is 0 Å². The predicted octanol–water partition coefficient (Wildman–Crippen LogP) is 2.44. The van der Waals surface area contributed by atoms with Crippen LogP contribution in [0.4, 0.5) is 0 Å². The van der Waals surface area contributed by atoms with Crippen LogP contribution in [0.25, 0.3) is 0 Å². The van der Waals surface area contributed by atoms with Gasteiger partial charge in [-0.15, -0.1) is 0 Å². The molecule has 0 aromatic rings. The van der Waals surface area contributed by atoms with Crippen LogP contribution in [-0.2, 0) is 9.47 Å². The molecular weight excluding hydrogens is 240 g/mol. The molecule has 0 fully saturated rings. The van der Waals surface area contributed by atoms with Crippen LogP contribution in [-0.4, -0.2) is 35.5 Å². The summed E-state index contributed by atoms with van der Waals surface area (Å²) in [5.74, 6) is 0. The highest BCUT2D eigenvalue weighted by molar-refractivity contribution is 4.91. The summed E-state index contributed by atoms with van der Waals surface area (Å²) >= 11 is 0. The van der Waals surface area contributed by atoms with Gasteiger partial charge in [-0.2, -0.15) is 0 Å². The lowest BCUT2D eigenvalue weighted by Gasteiger charge is -2.39. The zero-order valence-electron chi connectivity index (χ0n) is 14.1. The van der Waals surface area contributed by atoms with Crippen molar-refractivity contribution >= 4 is 0 Å². The Morgan fingerprint density at radius 3 is 1.53 bits per heavy atom. The highest BCUT2D eigenvalue weighted by atomic mass is 16.5. The molecule has 0 heterocycles. The zero-order valence-corrected chi connectivity index (χ0v) is 14.1. The number of hydrogen-bond acceptors (Lipinski definition) is 4. The lowest BCUT2D eigenvalue weighted by Crippen LogP contribution is -2.54. The van der Waals surface area contributed by atoms with Gasteiger partial charge in [0.05, 0.1) is 24.4 Å². The third-order valence-corrected chi connectivity index (χ3v) is 3.47. The van der Waals surface area contributed by atoms with Gasteiger partial charge in [0.25, 0.3) is 0 Å². The molecule has 0 radical (unpaired) electrons. The summed E-state index contributed by atoms with van der Waals surface area (Å²) in [6, 6.07) is 0. The van der Waals surface area contributed by atoms with E-state index < -0.39 is 0 Å². The molecule has 0 aromatic heterocycles. The third kappa shape index (κ3) is 7.88. The average molecular weight is 274 g/mol. The van der Waals surface area contributed by atoms with Gasteiger partial charge in [0.1, 0.15) is 0 Å². The quantitative estimate of drug-likeness (QED) is 0.667. The SMILES string of the molecule is CC(C)(N)CC(C)(C)OCCOC(C)(C)C(C)(C)N. The Morgan fingerprint density at radius 1 is 0.737 bits per heavy atom. The maximum Gasteiger partial charge on any atom is 0.0800 e. The van der Waals surface area contributed by atoms with Gasteiger partial charge >= 0.3 is 0 Å². The van der Waals surface area contributed by atoms with Gasteiger partial charge < -0.3 is 20.9 Å². The first-order chi connectivity index (χ1) is 8.16. The van der Waals surface area contributed by atoms with Crippen LogP contribution in [0.3, 0.4) is 0 Å². The highest BCUT2D eigenvalue weighted by Gasteiger charge is 2.34. The van der Waals surface area contributed by atoms with Gasteiger partial charge in [-0.25, -0.2) is 0 Å². The van der Waals surface area contributed by atoms with Crippen LogP contribution >= 0.6 is 0 Å². The molecule has 19 heavy (non-hydrogen) atoms. The first-order valence-corrected chi connectivity index (χ1v) is 7.02. The van der Waals surface area contributed by atoms with Gasteiger partial charge in [0, 0.05) is 11.1 Å². The third-order valence-electron chi connectivity index (χ3n) is 3.47. The molecule has 0 amide bonds. The van der Waals surface area contributed by atoms with E-state index in [1.807, 2.05) is 41.5 Å². The van der Waals surface area contributed by atoms with E-state index in [1.54, 1.807) is 0 Å². The van der Waals surface area contributed by atoms with Gasteiger partial charge in [0.15, 0.2) is 0 Å². The second-order valence-electron chi connectivity index (χ2n) is 7.85. The Balaban J connectivity index is 4.12. The van der Waals surface area contributed by atoms with Crippen molar-refractivity contribution in [2.75, 3.05) is 13.2 Å². The maximum atomic E-state index is 6.08. The van der Waals surface area contributed by atoms with Crippen LogP contribution in [0, 0.1) is 0 Å². The molecule has 4 nitrogen and oxygen atoms in total. The Kier molecular flexibility index (Phi) is 6.03. The molecule has 0 atom stereocenters. The monoisotopic (exact) mass is 274 g/mol. The summed E-state index contributed by atoms with van der Waals surface area (Å²) in [5, 5.41) is 0. The Hall–Kier alpha value is -0.160. The van der Waals surface area contributed by atoms with Crippen LogP contribution in [0.15, 0.2) is 0 Å². The number of rotatable bonds is 8. The molecular formula is C15H34N2O2. The standard InChI is InChI=1S/C15H34N2O2/c1-12(2,16)11-13(3,4)18-9-10-19-15(7,8)14(5,6)17/h9-11,16-17H2,1-8H3. The fraction of sp³-hybridized carbons (Fsp3) is 1.00. The Bertz CT molecular complexity index is 273. The molecule has 0 spiro atoms. The van der Waals surface area contributed by atoms with Crippen molar-refractivity contribution in [3.05, 3.63) is 0 Å². The fourth-order valence-electron chi connectivity index (χ4n) is 1.95. The minimum Gasteiger partial charge on any atom is -0.373 e. The minimum atomic E-state index is -0.387. The van der Waals surface area contributed by atoms with Crippen LogP contribution in [0.5, 0.6) is 0 Å². The van der Waals surface area contributed by atoms with Crippen molar-refractivity contribution in [1.82, 2.24) is 0 Å². The molecule has 0 saturated heterocycles.